The van der Waals surface area contributed by atoms with E-state index in [4.69, 9.17) is 4.74 Å². The maximum atomic E-state index is 12.6. The van der Waals surface area contributed by atoms with Gasteiger partial charge >= 0.3 is 5.69 Å². The summed E-state index contributed by atoms with van der Waals surface area (Å²) in [5, 5.41) is 2.66. The summed E-state index contributed by atoms with van der Waals surface area (Å²) in [7, 11) is 1.49. The van der Waals surface area contributed by atoms with Crippen LogP contribution in [-0.2, 0) is 17.9 Å². The second-order valence-electron chi connectivity index (χ2n) is 5.88. The number of hydrogen-bond acceptors (Lipinski definition) is 4. The van der Waals surface area contributed by atoms with Crippen molar-refractivity contribution in [2.75, 3.05) is 12.4 Å². The molecule has 2 aromatic carbocycles. The molecule has 0 fully saturated rings. The molecule has 1 heterocycles. The number of anilines is 1. The van der Waals surface area contributed by atoms with Crippen LogP contribution in [0.3, 0.4) is 0 Å². The first-order valence-corrected chi connectivity index (χ1v) is 8.35. The van der Waals surface area contributed by atoms with Crippen LogP contribution in [0, 0.1) is 0 Å². The number of para-hydroxylation sites is 2. The number of nitrogens with one attached hydrogen (secondary N) is 1. The zero-order valence-electron chi connectivity index (χ0n) is 14.8. The summed E-state index contributed by atoms with van der Waals surface area (Å²) < 4.78 is 7.49. The third-order valence-corrected chi connectivity index (χ3v) is 4.02. The highest BCUT2D eigenvalue weighted by atomic mass is 16.5. The summed E-state index contributed by atoms with van der Waals surface area (Å²) in [5.74, 6) is 0.00362. The van der Waals surface area contributed by atoms with Crippen LogP contribution in [0.4, 0.5) is 5.69 Å². The van der Waals surface area contributed by atoms with Gasteiger partial charge in [0.2, 0.25) is 5.91 Å². The molecule has 3 rings (SSSR count). The Bertz CT molecular complexity index is 1050. The molecule has 3 aromatic rings. The lowest BCUT2D eigenvalue weighted by Crippen LogP contribution is -2.41. The van der Waals surface area contributed by atoms with Crippen molar-refractivity contribution in [2.45, 2.75) is 13.1 Å². The van der Waals surface area contributed by atoms with E-state index in [1.54, 1.807) is 24.3 Å². The van der Waals surface area contributed by atoms with Gasteiger partial charge in [0, 0.05) is 12.3 Å². The molecule has 0 unspecified atom stereocenters. The number of methoxy groups -OCH3 is 1. The summed E-state index contributed by atoms with van der Waals surface area (Å²) >= 11 is 0. The molecule has 7 heteroatoms. The molecule has 0 saturated heterocycles. The van der Waals surface area contributed by atoms with Gasteiger partial charge < -0.3 is 10.1 Å². The van der Waals surface area contributed by atoms with Gasteiger partial charge in [0.15, 0.2) is 0 Å². The number of aromatic nitrogens is 2. The lowest BCUT2D eigenvalue weighted by Gasteiger charge is -2.12. The maximum absolute atomic E-state index is 12.6. The van der Waals surface area contributed by atoms with Crippen molar-refractivity contribution in [3.63, 3.8) is 0 Å². The second kappa shape index (κ2) is 8.18. The number of nitrogens with zero attached hydrogens (tertiary/aromatic N) is 2. The van der Waals surface area contributed by atoms with Crippen LogP contribution in [-0.4, -0.2) is 22.2 Å². The Morgan fingerprint density at radius 3 is 2.44 bits per heavy atom. The summed E-state index contributed by atoms with van der Waals surface area (Å²) in [6, 6.07) is 17.6. The molecule has 0 aliphatic heterocycles. The van der Waals surface area contributed by atoms with E-state index in [-0.39, 0.29) is 6.54 Å². The molecule has 0 atom stereocenters. The van der Waals surface area contributed by atoms with Gasteiger partial charge in [0.05, 0.1) is 19.3 Å². The first kappa shape index (κ1) is 18.2. The van der Waals surface area contributed by atoms with Crippen LogP contribution in [0.2, 0.25) is 0 Å². The largest absolute Gasteiger partial charge is 0.495 e. The highest BCUT2D eigenvalue weighted by molar-refractivity contribution is 5.92. The van der Waals surface area contributed by atoms with E-state index < -0.39 is 17.2 Å². The van der Waals surface area contributed by atoms with Crippen molar-refractivity contribution < 1.29 is 9.53 Å². The van der Waals surface area contributed by atoms with Crippen molar-refractivity contribution in [2.24, 2.45) is 0 Å². The minimum Gasteiger partial charge on any atom is -0.495 e. The molecule has 1 aromatic heterocycles. The SMILES string of the molecule is COc1ccccc1NC(=O)Cn1c(=O)ccn(Cc2ccccc2)c1=O. The maximum Gasteiger partial charge on any atom is 0.331 e. The molecule has 0 spiro atoms. The third-order valence-electron chi connectivity index (χ3n) is 4.02. The standard InChI is InChI=1S/C20H19N3O4/c1-27-17-10-6-5-9-16(17)21-18(24)14-23-19(25)11-12-22(20(23)26)13-15-7-3-2-4-8-15/h2-12H,13-14H2,1H3,(H,21,24). The van der Waals surface area contributed by atoms with Crippen molar-refractivity contribution in [3.05, 3.63) is 93.3 Å². The normalized spacial score (nSPS) is 10.4. The number of carbonyl (C=O) groups excluding carboxylic acids is 1. The Hall–Kier alpha value is -3.61. The fourth-order valence-electron chi connectivity index (χ4n) is 2.68. The summed E-state index contributed by atoms with van der Waals surface area (Å²) in [5.41, 5.74) is 0.322. The Kier molecular flexibility index (Phi) is 5.51. The van der Waals surface area contributed by atoms with E-state index in [2.05, 4.69) is 5.32 Å². The number of amides is 1. The van der Waals surface area contributed by atoms with E-state index in [1.807, 2.05) is 30.3 Å². The van der Waals surface area contributed by atoms with Crippen LogP contribution in [0.25, 0.3) is 0 Å². The lowest BCUT2D eigenvalue weighted by molar-refractivity contribution is -0.116. The average molecular weight is 365 g/mol. The number of hydrogen-bond donors (Lipinski definition) is 1. The van der Waals surface area contributed by atoms with Crippen LogP contribution in [0.1, 0.15) is 5.56 Å². The predicted molar refractivity (Wildman–Crippen MR) is 102 cm³/mol. The van der Waals surface area contributed by atoms with Gasteiger partial charge in [0.1, 0.15) is 12.3 Å². The van der Waals surface area contributed by atoms with E-state index in [0.717, 1.165) is 10.1 Å². The molecule has 0 aliphatic carbocycles. The van der Waals surface area contributed by atoms with E-state index >= 15 is 0 Å². The Labute approximate surface area is 155 Å². The van der Waals surface area contributed by atoms with Gasteiger partial charge in [-0.25, -0.2) is 4.79 Å². The quantitative estimate of drug-likeness (QED) is 0.721. The molecule has 138 valence electrons. The van der Waals surface area contributed by atoms with Crippen molar-refractivity contribution in [3.8, 4) is 5.75 Å². The van der Waals surface area contributed by atoms with E-state index in [1.165, 1.54) is 23.9 Å². The Morgan fingerprint density at radius 2 is 1.70 bits per heavy atom. The second-order valence-corrected chi connectivity index (χ2v) is 5.88. The molecule has 27 heavy (non-hydrogen) atoms. The van der Waals surface area contributed by atoms with Crippen molar-refractivity contribution >= 4 is 11.6 Å². The molecule has 0 aliphatic rings. The van der Waals surface area contributed by atoms with Crippen LogP contribution < -0.4 is 21.3 Å². The monoisotopic (exact) mass is 365 g/mol. The minimum absolute atomic E-state index is 0.314. The fraction of sp³-hybridized carbons (Fsp3) is 0.150. The smallest absolute Gasteiger partial charge is 0.331 e. The predicted octanol–water partition coefficient (Wildman–Crippen LogP) is 1.71. The first-order chi connectivity index (χ1) is 13.1. The summed E-state index contributed by atoms with van der Waals surface area (Å²) in [6.07, 6.45) is 1.44. The number of rotatable bonds is 6. The third kappa shape index (κ3) is 4.33. The zero-order valence-corrected chi connectivity index (χ0v) is 14.8. The molecule has 0 bridgehead atoms. The molecule has 0 saturated carbocycles. The van der Waals surface area contributed by atoms with Gasteiger partial charge in [-0.2, -0.15) is 0 Å². The molecule has 0 radical (unpaired) electrons. The molecule has 1 amide bonds. The highest BCUT2D eigenvalue weighted by Gasteiger charge is 2.12. The van der Waals surface area contributed by atoms with Gasteiger partial charge in [0.25, 0.3) is 5.56 Å². The fourth-order valence-corrected chi connectivity index (χ4v) is 2.68. The molecule has 7 nitrogen and oxygen atoms in total. The van der Waals surface area contributed by atoms with Crippen LogP contribution >= 0.6 is 0 Å². The highest BCUT2D eigenvalue weighted by Crippen LogP contribution is 2.22. The minimum atomic E-state index is -0.540. The summed E-state index contributed by atoms with van der Waals surface area (Å²) in [6.45, 7) is -0.0700. The van der Waals surface area contributed by atoms with E-state index in [9.17, 15) is 14.4 Å². The average Bonchev–Trinajstić information content (AvgIpc) is 2.68. The summed E-state index contributed by atoms with van der Waals surface area (Å²) in [4.78, 5) is 37.1. The van der Waals surface area contributed by atoms with Gasteiger partial charge in [-0.3, -0.25) is 18.7 Å². The number of benzene rings is 2. The zero-order chi connectivity index (χ0) is 19.2. The molecular weight excluding hydrogens is 346 g/mol. The van der Waals surface area contributed by atoms with Crippen LogP contribution in [0.15, 0.2) is 76.4 Å². The van der Waals surface area contributed by atoms with Gasteiger partial charge in [-0.1, -0.05) is 42.5 Å². The Balaban J connectivity index is 1.82. The van der Waals surface area contributed by atoms with Gasteiger partial charge in [-0.05, 0) is 17.7 Å². The van der Waals surface area contributed by atoms with Gasteiger partial charge in [-0.15, -0.1) is 0 Å². The first-order valence-electron chi connectivity index (χ1n) is 8.35. The molecule has 1 N–H and O–H groups in total. The topological polar surface area (TPSA) is 82.3 Å². The van der Waals surface area contributed by atoms with Crippen molar-refractivity contribution in [1.82, 2.24) is 9.13 Å². The number of ether oxygens (including phenoxy) is 1. The lowest BCUT2D eigenvalue weighted by atomic mass is 10.2. The van der Waals surface area contributed by atoms with Crippen LogP contribution in [0.5, 0.6) is 5.75 Å². The van der Waals surface area contributed by atoms with E-state index in [0.29, 0.717) is 18.0 Å². The number of carbonyl (C=O) groups is 1. The molecular formula is C20H19N3O4. The Morgan fingerprint density at radius 1 is 1.00 bits per heavy atom. The van der Waals surface area contributed by atoms with Crippen molar-refractivity contribution in [1.29, 1.82) is 0 Å².